The molecule has 4 heteroatoms. The molecule has 0 aromatic heterocycles. The topological polar surface area (TPSA) is 32.8 Å². The van der Waals surface area contributed by atoms with Crippen molar-refractivity contribution in [2.24, 2.45) is 5.41 Å². The average molecular weight is 347 g/mol. The van der Waals surface area contributed by atoms with Gasteiger partial charge in [-0.15, -0.1) is 0 Å². The Balaban J connectivity index is 1.81. The van der Waals surface area contributed by atoms with Crippen LogP contribution in [0.25, 0.3) is 0 Å². The van der Waals surface area contributed by atoms with Gasteiger partial charge < -0.3 is 9.64 Å². The zero-order valence-corrected chi connectivity index (χ0v) is 16.2. The van der Waals surface area contributed by atoms with Gasteiger partial charge in [0.25, 0.3) is 0 Å². The van der Waals surface area contributed by atoms with Crippen LogP contribution in [0.4, 0.5) is 4.79 Å². The van der Waals surface area contributed by atoms with Crippen LogP contribution in [0.3, 0.4) is 0 Å². The quantitative estimate of drug-likeness (QED) is 0.707. The van der Waals surface area contributed by atoms with Crippen LogP contribution in [-0.2, 0) is 4.74 Å². The lowest BCUT2D eigenvalue weighted by Gasteiger charge is -2.47. The molecule has 25 heavy (non-hydrogen) atoms. The van der Waals surface area contributed by atoms with Crippen LogP contribution >= 0.6 is 0 Å². The van der Waals surface area contributed by atoms with Crippen molar-refractivity contribution in [3.8, 4) is 0 Å². The molecule has 2 saturated heterocycles. The highest BCUT2D eigenvalue weighted by atomic mass is 16.6. The van der Waals surface area contributed by atoms with Crippen LogP contribution in [-0.4, -0.2) is 54.2 Å². The van der Waals surface area contributed by atoms with Gasteiger partial charge in [-0.25, -0.2) is 4.79 Å². The van der Waals surface area contributed by atoms with Gasteiger partial charge in [-0.2, -0.15) is 0 Å². The second kappa shape index (κ2) is 8.22. The van der Waals surface area contributed by atoms with Crippen LogP contribution in [0, 0.1) is 5.41 Å². The molecule has 2 aliphatic rings. The van der Waals surface area contributed by atoms with Crippen LogP contribution in [0.5, 0.6) is 0 Å². The van der Waals surface area contributed by atoms with Crippen molar-refractivity contribution in [3.63, 3.8) is 0 Å². The highest BCUT2D eigenvalue weighted by Gasteiger charge is 2.39. The van der Waals surface area contributed by atoms with Gasteiger partial charge in [-0.1, -0.05) is 31.4 Å². The van der Waals surface area contributed by atoms with Crippen molar-refractivity contribution < 1.29 is 9.53 Å². The van der Waals surface area contributed by atoms with Gasteiger partial charge in [0.05, 0.1) is 0 Å². The monoisotopic (exact) mass is 346 g/mol. The third-order valence-corrected chi connectivity index (χ3v) is 5.39. The minimum absolute atomic E-state index is 0.162. The number of nitrogens with zero attached hydrogens (tertiary/aromatic N) is 2. The van der Waals surface area contributed by atoms with E-state index in [9.17, 15) is 4.79 Å². The maximum Gasteiger partial charge on any atom is 0.410 e. The molecule has 1 amide bonds. The van der Waals surface area contributed by atoms with Gasteiger partial charge in [-0.3, -0.25) is 4.90 Å². The summed E-state index contributed by atoms with van der Waals surface area (Å²) in [5.41, 5.74) is 1.22. The largest absolute Gasteiger partial charge is 0.444 e. The second-order valence-electron chi connectivity index (χ2n) is 8.42. The summed E-state index contributed by atoms with van der Waals surface area (Å²) in [5, 5.41) is 0. The maximum absolute atomic E-state index is 12.2. The van der Waals surface area contributed by atoms with E-state index >= 15 is 0 Å². The summed E-state index contributed by atoms with van der Waals surface area (Å²) in [7, 11) is 0. The molecule has 140 valence electrons. The highest BCUT2D eigenvalue weighted by Crippen LogP contribution is 2.41. The van der Waals surface area contributed by atoms with Crippen molar-refractivity contribution in [3.05, 3.63) is 37.0 Å². The zero-order valence-electron chi connectivity index (χ0n) is 16.2. The summed E-state index contributed by atoms with van der Waals surface area (Å²) >= 11 is 0. The van der Waals surface area contributed by atoms with E-state index in [0.29, 0.717) is 5.41 Å². The lowest BCUT2D eigenvalue weighted by atomic mass is 9.71. The molecule has 4 nitrogen and oxygen atoms in total. The SMILES string of the molecule is C=C/C=C(\C=C)CN1CCC2(CC1)CCN(C(=O)OC(C)(C)C)CC2. The Kier molecular flexibility index (Phi) is 6.50. The molecule has 0 aliphatic carbocycles. The van der Waals surface area contributed by atoms with E-state index in [2.05, 4.69) is 18.1 Å². The first-order valence-corrected chi connectivity index (χ1v) is 9.41. The summed E-state index contributed by atoms with van der Waals surface area (Å²) < 4.78 is 5.50. The van der Waals surface area contributed by atoms with Crippen LogP contribution in [0.15, 0.2) is 37.0 Å². The summed E-state index contributed by atoms with van der Waals surface area (Å²) in [6.45, 7) is 18.3. The molecule has 2 fully saturated rings. The molecule has 0 unspecified atom stereocenters. The van der Waals surface area contributed by atoms with E-state index in [1.807, 2.05) is 43.9 Å². The van der Waals surface area contributed by atoms with Crippen molar-refractivity contribution in [2.45, 2.75) is 52.1 Å². The number of hydrogen-bond acceptors (Lipinski definition) is 3. The minimum Gasteiger partial charge on any atom is -0.444 e. The normalized spacial score (nSPS) is 21.9. The van der Waals surface area contributed by atoms with Crippen LogP contribution in [0.1, 0.15) is 46.5 Å². The molecule has 2 aliphatic heterocycles. The molecular formula is C21H34N2O2. The third-order valence-electron chi connectivity index (χ3n) is 5.39. The van der Waals surface area contributed by atoms with E-state index in [4.69, 9.17) is 4.74 Å². The smallest absolute Gasteiger partial charge is 0.410 e. The molecule has 1 spiro atoms. The van der Waals surface area contributed by atoms with Gasteiger partial charge in [0, 0.05) is 19.6 Å². The minimum atomic E-state index is -0.417. The molecule has 2 heterocycles. The molecule has 0 aromatic rings. The van der Waals surface area contributed by atoms with Crippen molar-refractivity contribution in [2.75, 3.05) is 32.7 Å². The number of piperidine rings is 2. The molecule has 0 saturated carbocycles. The van der Waals surface area contributed by atoms with Gasteiger partial charge in [0.15, 0.2) is 0 Å². The van der Waals surface area contributed by atoms with Gasteiger partial charge >= 0.3 is 6.09 Å². The maximum atomic E-state index is 12.2. The van der Waals surface area contributed by atoms with Crippen molar-refractivity contribution in [1.82, 2.24) is 9.80 Å². The molecule has 2 rings (SSSR count). The summed E-state index contributed by atoms with van der Waals surface area (Å²) in [4.78, 5) is 16.6. The van der Waals surface area contributed by atoms with Gasteiger partial charge in [0.2, 0.25) is 0 Å². The molecule has 0 radical (unpaired) electrons. The molecule has 0 bridgehead atoms. The lowest BCUT2D eigenvalue weighted by molar-refractivity contribution is -0.00160. The Bertz CT molecular complexity index is 513. The third kappa shape index (κ3) is 5.74. The fraction of sp³-hybridized carbons (Fsp3) is 0.667. The van der Waals surface area contributed by atoms with E-state index in [0.717, 1.165) is 45.6 Å². The van der Waals surface area contributed by atoms with E-state index in [-0.39, 0.29) is 6.09 Å². The highest BCUT2D eigenvalue weighted by molar-refractivity contribution is 5.68. The van der Waals surface area contributed by atoms with Crippen molar-refractivity contribution >= 4 is 6.09 Å². The Morgan fingerprint density at radius 2 is 1.64 bits per heavy atom. The molecular weight excluding hydrogens is 312 g/mol. The van der Waals surface area contributed by atoms with Crippen LogP contribution in [0.2, 0.25) is 0 Å². The van der Waals surface area contributed by atoms with E-state index < -0.39 is 5.60 Å². The van der Waals surface area contributed by atoms with Crippen LogP contribution < -0.4 is 0 Å². The molecule has 0 aromatic carbocycles. The van der Waals surface area contributed by atoms with E-state index in [1.54, 1.807) is 0 Å². The zero-order chi connectivity index (χ0) is 18.5. The number of likely N-dealkylation sites (tertiary alicyclic amines) is 2. The Morgan fingerprint density at radius 3 is 2.12 bits per heavy atom. The predicted molar refractivity (Wildman–Crippen MR) is 104 cm³/mol. The summed E-state index contributed by atoms with van der Waals surface area (Å²) in [6.07, 6.45) is 10.2. The molecule has 0 N–H and O–H groups in total. The van der Waals surface area contributed by atoms with Gasteiger partial charge in [-0.05, 0) is 70.5 Å². The number of carbonyl (C=O) groups is 1. The summed E-state index contributed by atoms with van der Waals surface area (Å²) in [6, 6.07) is 0. The number of rotatable bonds is 4. The fourth-order valence-electron chi connectivity index (χ4n) is 3.77. The summed E-state index contributed by atoms with van der Waals surface area (Å²) in [5.74, 6) is 0. The Hall–Kier alpha value is -1.55. The first-order valence-electron chi connectivity index (χ1n) is 9.41. The fourth-order valence-corrected chi connectivity index (χ4v) is 3.77. The Labute approximate surface area is 153 Å². The first kappa shape index (κ1) is 19.8. The number of ether oxygens (including phenoxy) is 1. The lowest BCUT2D eigenvalue weighted by Crippen LogP contribution is -2.49. The van der Waals surface area contributed by atoms with Gasteiger partial charge in [0.1, 0.15) is 5.60 Å². The molecule has 0 atom stereocenters. The standard InChI is InChI=1S/C21H34N2O2/c1-6-8-18(7-2)17-22-13-9-21(10-14-22)11-15-23(16-12-21)19(24)25-20(3,4)5/h6-8H,1-2,9-17H2,3-5H3/b18-8+. The number of allylic oxidation sites excluding steroid dienone is 2. The second-order valence-corrected chi connectivity index (χ2v) is 8.42. The number of amides is 1. The number of hydrogen-bond donors (Lipinski definition) is 0. The first-order chi connectivity index (χ1) is 11.8. The number of carbonyl (C=O) groups excluding carboxylic acids is 1. The van der Waals surface area contributed by atoms with E-state index in [1.165, 1.54) is 18.4 Å². The average Bonchev–Trinajstić information content (AvgIpc) is 2.55. The predicted octanol–water partition coefficient (Wildman–Crippen LogP) is 4.40. The Morgan fingerprint density at radius 1 is 1.08 bits per heavy atom. The van der Waals surface area contributed by atoms with Crippen molar-refractivity contribution in [1.29, 1.82) is 0 Å².